The first kappa shape index (κ1) is 13.5. The summed E-state index contributed by atoms with van der Waals surface area (Å²) in [4.78, 5) is 0. The van der Waals surface area contributed by atoms with Gasteiger partial charge in [0.15, 0.2) is 0 Å². The Morgan fingerprint density at radius 1 is 0.857 bits per heavy atom. The zero-order valence-corrected chi connectivity index (χ0v) is 7.75. The minimum Gasteiger partial charge on any atom is -0.355 e. The number of ether oxygens (including phenoxy) is 1. The molecule has 0 bridgehead atoms. The Bertz CT molecular complexity index is 177. The molecule has 0 saturated heterocycles. The topological polar surface area (TPSA) is 9.23 Å². The molecule has 0 aromatic rings. The van der Waals surface area contributed by atoms with Gasteiger partial charge in [0.1, 0.15) is 0 Å². The summed E-state index contributed by atoms with van der Waals surface area (Å²) in [6, 6.07) is 0. The molecule has 0 heterocycles. The molecule has 1 nitrogen and oxygen atoms in total. The van der Waals surface area contributed by atoms with Gasteiger partial charge < -0.3 is 4.74 Å². The maximum Gasteiger partial charge on any atom is 0.426 e. The lowest BCUT2D eigenvalue weighted by molar-refractivity contribution is -0.381. The van der Waals surface area contributed by atoms with Crippen LogP contribution in [0.1, 0.15) is 20.8 Å². The Balaban J connectivity index is 5.07. The van der Waals surface area contributed by atoms with Gasteiger partial charge in [-0.05, 0) is 20.8 Å². The number of rotatable bonds is 2. The largest absolute Gasteiger partial charge is 0.426 e. The van der Waals surface area contributed by atoms with Crippen molar-refractivity contribution in [2.75, 3.05) is 0 Å². The molecule has 0 unspecified atom stereocenters. The minimum absolute atomic E-state index is 0.0208. The third-order valence-electron chi connectivity index (χ3n) is 1.55. The lowest BCUT2D eigenvalue weighted by atomic mass is 10.1. The highest BCUT2D eigenvalue weighted by molar-refractivity contribution is 4.92. The Hall–Kier alpha value is -0.460. The van der Waals surface area contributed by atoms with Crippen molar-refractivity contribution in [3.63, 3.8) is 0 Å². The second-order valence-corrected chi connectivity index (χ2v) is 3.20. The molecule has 0 rings (SSSR count). The molecule has 0 fully saturated rings. The molecular weight excluding hydrogens is 214 g/mol. The fourth-order valence-electron chi connectivity index (χ4n) is 0.766. The van der Waals surface area contributed by atoms with Crippen LogP contribution in [0.15, 0.2) is 0 Å². The van der Waals surface area contributed by atoms with Gasteiger partial charge in [-0.2, -0.15) is 26.3 Å². The van der Waals surface area contributed by atoms with E-state index in [1.165, 1.54) is 0 Å². The molecule has 0 aromatic heterocycles. The first-order valence-corrected chi connectivity index (χ1v) is 3.73. The summed E-state index contributed by atoms with van der Waals surface area (Å²) >= 11 is 0. The van der Waals surface area contributed by atoms with Gasteiger partial charge in [-0.25, -0.2) is 0 Å². The average Bonchev–Trinajstić information content (AvgIpc) is 1.79. The highest BCUT2D eigenvalue weighted by Crippen LogP contribution is 2.45. The third-order valence-corrected chi connectivity index (χ3v) is 1.55. The van der Waals surface area contributed by atoms with Crippen LogP contribution < -0.4 is 0 Å². The summed E-state index contributed by atoms with van der Waals surface area (Å²) < 4.78 is 76.6. The second kappa shape index (κ2) is 3.60. The quantitative estimate of drug-likeness (QED) is 0.654. The van der Waals surface area contributed by atoms with Gasteiger partial charge in [0.25, 0.3) is 5.60 Å². The first-order valence-electron chi connectivity index (χ1n) is 3.73. The molecule has 0 aromatic carbocycles. The minimum atomic E-state index is -5.48. The summed E-state index contributed by atoms with van der Waals surface area (Å²) in [7, 11) is 0. The molecular formula is C7H10F6O. The zero-order chi connectivity index (χ0) is 11.8. The first-order chi connectivity index (χ1) is 5.92. The van der Waals surface area contributed by atoms with E-state index in [0.29, 0.717) is 0 Å². The standard InChI is InChI=1S/C7H10F6O/c1-4(2)14-5(3,6(8,9)10)7(11,12)13/h4H,1-3H3. The van der Waals surface area contributed by atoms with Crippen LogP contribution >= 0.6 is 0 Å². The lowest BCUT2D eigenvalue weighted by Gasteiger charge is -2.35. The highest BCUT2D eigenvalue weighted by atomic mass is 19.4. The summed E-state index contributed by atoms with van der Waals surface area (Å²) in [5.41, 5.74) is -4.10. The number of hydrogen-bond acceptors (Lipinski definition) is 1. The van der Waals surface area contributed by atoms with Crippen molar-refractivity contribution in [1.29, 1.82) is 0 Å². The van der Waals surface area contributed by atoms with Crippen LogP contribution in [-0.4, -0.2) is 24.1 Å². The van der Waals surface area contributed by atoms with Crippen LogP contribution in [0.4, 0.5) is 26.3 Å². The highest BCUT2D eigenvalue weighted by Gasteiger charge is 2.69. The van der Waals surface area contributed by atoms with Gasteiger partial charge in [0.2, 0.25) is 0 Å². The molecule has 0 aliphatic carbocycles. The Kier molecular flexibility index (Phi) is 3.48. The van der Waals surface area contributed by atoms with Crippen LogP contribution in [0, 0.1) is 0 Å². The van der Waals surface area contributed by atoms with Crippen molar-refractivity contribution in [3.05, 3.63) is 0 Å². The van der Waals surface area contributed by atoms with E-state index in [1.54, 1.807) is 0 Å². The molecule has 86 valence electrons. The van der Waals surface area contributed by atoms with Gasteiger partial charge in [-0.1, -0.05) is 0 Å². The van der Waals surface area contributed by atoms with Crippen LogP contribution in [0.5, 0.6) is 0 Å². The van der Waals surface area contributed by atoms with E-state index in [-0.39, 0.29) is 6.92 Å². The van der Waals surface area contributed by atoms with Crippen molar-refractivity contribution in [2.45, 2.75) is 44.8 Å². The molecule has 0 saturated carbocycles. The lowest BCUT2D eigenvalue weighted by Crippen LogP contribution is -2.57. The normalized spacial score (nSPS) is 15.0. The van der Waals surface area contributed by atoms with Crippen molar-refractivity contribution in [2.24, 2.45) is 0 Å². The molecule has 0 aliphatic rings. The van der Waals surface area contributed by atoms with Crippen molar-refractivity contribution in [1.82, 2.24) is 0 Å². The number of alkyl halides is 6. The fraction of sp³-hybridized carbons (Fsp3) is 1.00. The molecule has 0 amide bonds. The number of hydrogen-bond donors (Lipinski definition) is 0. The van der Waals surface area contributed by atoms with E-state index >= 15 is 0 Å². The van der Waals surface area contributed by atoms with Gasteiger partial charge in [-0.15, -0.1) is 0 Å². The monoisotopic (exact) mass is 224 g/mol. The summed E-state index contributed by atoms with van der Waals surface area (Å²) in [6.07, 6.45) is -12.1. The maximum absolute atomic E-state index is 12.1. The van der Waals surface area contributed by atoms with Crippen molar-refractivity contribution < 1.29 is 31.1 Å². The Morgan fingerprint density at radius 2 is 1.14 bits per heavy atom. The molecule has 0 radical (unpaired) electrons. The second-order valence-electron chi connectivity index (χ2n) is 3.20. The zero-order valence-electron chi connectivity index (χ0n) is 7.75. The van der Waals surface area contributed by atoms with Gasteiger partial charge >= 0.3 is 12.4 Å². The van der Waals surface area contributed by atoms with Gasteiger partial charge in [0.05, 0.1) is 6.10 Å². The van der Waals surface area contributed by atoms with Crippen molar-refractivity contribution >= 4 is 0 Å². The van der Waals surface area contributed by atoms with E-state index in [2.05, 4.69) is 4.74 Å². The van der Waals surface area contributed by atoms with Crippen LogP contribution in [0.3, 0.4) is 0 Å². The van der Waals surface area contributed by atoms with E-state index < -0.39 is 24.1 Å². The SMILES string of the molecule is CC(C)OC(C)(C(F)(F)F)C(F)(F)F. The summed E-state index contributed by atoms with van der Waals surface area (Å²) in [5, 5.41) is 0. The van der Waals surface area contributed by atoms with Crippen LogP contribution in [0.25, 0.3) is 0 Å². The molecule has 7 heteroatoms. The Labute approximate surface area is 77.0 Å². The van der Waals surface area contributed by atoms with E-state index in [1.807, 2.05) is 0 Å². The van der Waals surface area contributed by atoms with Crippen LogP contribution in [0.2, 0.25) is 0 Å². The fourth-order valence-corrected chi connectivity index (χ4v) is 0.766. The smallest absolute Gasteiger partial charge is 0.355 e. The van der Waals surface area contributed by atoms with E-state index in [0.717, 1.165) is 13.8 Å². The number of halogens is 6. The molecule has 14 heavy (non-hydrogen) atoms. The predicted molar refractivity (Wildman–Crippen MR) is 36.7 cm³/mol. The van der Waals surface area contributed by atoms with E-state index in [9.17, 15) is 26.3 Å². The predicted octanol–water partition coefficient (Wildman–Crippen LogP) is 3.29. The Morgan fingerprint density at radius 3 is 1.21 bits per heavy atom. The van der Waals surface area contributed by atoms with Crippen LogP contribution in [-0.2, 0) is 4.74 Å². The maximum atomic E-state index is 12.1. The van der Waals surface area contributed by atoms with Gasteiger partial charge in [-0.3, -0.25) is 0 Å². The van der Waals surface area contributed by atoms with E-state index in [4.69, 9.17) is 0 Å². The molecule has 0 N–H and O–H groups in total. The average molecular weight is 224 g/mol. The molecule has 0 atom stereocenters. The molecule has 0 spiro atoms. The summed E-state index contributed by atoms with van der Waals surface area (Å²) in [6.45, 7) is 2.19. The van der Waals surface area contributed by atoms with Gasteiger partial charge in [0, 0.05) is 0 Å². The molecule has 0 aliphatic heterocycles. The van der Waals surface area contributed by atoms with Crippen molar-refractivity contribution in [3.8, 4) is 0 Å². The summed E-state index contributed by atoms with van der Waals surface area (Å²) in [5.74, 6) is 0. The third kappa shape index (κ3) is 2.52.